The van der Waals surface area contributed by atoms with Crippen molar-refractivity contribution in [1.29, 1.82) is 0 Å². The molecule has 1 atom stereocenters. The Hall–Kier alpha value is -3.64. The van der Waals surface area contributed by atoms with Gasteiger partial charge in [-0.3, -0.25) is 9.59 Å². The number of carbonyl (C=O) groups is 2. The highest BCUT2D eigenvalue weighted by atomic mass is 32.1. The van der Waals surface area contributed by atoms with Gasteiger partial charge >= 0.3 is 0 Å². The summed E-state index contributed by atoms with van der Waals surface area (Å²) in [5, 5.41) is 7.06. The van der Waals surface area contributed by atoms with Crippen molar-refractivity contribution < 1.29 is 14.3 Å². The summed E-state index contributed by atoms with van der Waals surface area (Å²) in [6.07, 6.45) is 0.632. The van der Waals surface area contributed by atoms with Crippen molar-refractivity contribution in [1.82, 2.24) is 10.6 Å². The van der Waals surface area contributed by atoms with E-state index >= 15 is 0 Å². The summed E-state index contributed by atoms with van der Waals surface area (Å²) in [4.78, 5) is 26.9. The van der Waals surface area contributed by atoms with Crippen molar-refractivity contribution in [2.45, 2.75) is 25.4 Å². The summed E-state index contributed by atoms with van der Waals surface area (Å²) in [6.45, 7) is 0.414. The highest BCUT2D eigenvalue weighted by molar-refractivity contribution is 7.19. The number of carbonyl (C=O) groups excluding carboxylic acids is 2. The van der Waals surface area contributed by atoms with E-state index in [-0.39, 0.29) is 18.2 Å². The quantitative estimate of drug-likeness (QED) is 0.388. The number of hydrogen-bond donors (Lipinski definition) is 2. The molecule has 0 aliphatic rings. The lowest BCUT2D eigenvalue weighted by atomic mass is 10.1. The van der Waals surface area contributed by atoms with Crippen molar-refractivity contribution in [2.24, 2.45) is 0 Å². The monoisotopic (exact) mass is 458 g/mol. The van der Waals surface area contributed by atoms with Gasteiger partial charge in [0.25, 0.3) is 0 Å². The molecule has 0 aliphatic carbocycles. The number of fused-ring (bicyclic) bond motifs is 1. The molecule has 33 heavy (non-hydrogen) atoms. The average Bonchev–Trinajstić information content (AvgIpc) is 3.25. The van der Waals surface area contributed by atoms with E-state index in [4.69, 9.17) is 4.74 Å². The molecule has 0 radical (unpaired) electrons. The second kappa shape index (κ2) is 10.8. The Balaban J connectivity index is 1.46. The number of rotatable bonds is 9. The second-order valence-corrected chi connectivity index (χ2v) is 8.97. The summed E-state index contributed by atoms with van der Waals surface area (Å²) >= 11 is 1.65. The molecule has 2 N–H and O–H groups in total. The average molecular weight is 459 g/mol. The molecular weight excluding hydrogens is 432 g/mol. The molecule has 0 spiro atoms. The summed E-state index contributed by atoms with van der Waals surface area (Å²) < 4.78 is 6.34. The Morgan fingerprint density at radius 2 is 1.64 bits per heavy atom. The van der Waals surface area contributed by atoms with E-state index in [1.165, 1.54) is 4.70 Å². The maximum Gasteiger partial charge on any atom is 0.243 e. The van der Waals surface area contributed by atoms with Crippen LogP contribution in [0, 0.1) is 0 Å². The number of thiophene rings is 1. The molecule has 0 saturated heterocycles. The first-order valence-electron chi connectivity index (χ1n) is 10.8. The molecule has 6 heteroatoms. The van der Waals surface area contributed by atoms with Crippen LogP contribution in [0.5, 0.6) is 5.75 Å². The molecule has 0 bridgehead atoms. The van der Waals surface area contributed by atoms with Crippen molar-refractivity contribution in [3.05, 3.63) is 101 Å². The third-order valence-corrected chi connectivity index (χ3v) is 6.51. The van der Waals surface area contributed by atoms with Gasteiger partial charge in [0.15, 0.2) is 0 Å². The largest absolute Gasteiger partial charge is 0.497 e. The minimum Gasteiger partial charge on any atom is -0.497 e. The third kappa shape index (κ3) is 6.20. The normalized spacial score (nSPS) is 11.7. The Morgan fingerprint density at radius 3 is 2.36 bits per heavy atom. The van der Waals surface area contributed by atoms with Gasteiger partial charge in [0, 0.05) is 22.5 Å². The van der Waals surface area contributed by atoms with Gasteiger partial charge in [-0.25, -0.2) is 0 Å². The molecule has 2 amide bonds. The number of hydrogen-bond acceptors (Lipinski definition) is 4. The fourth-order valence-corrected chi connectivity index (χ4v) is 4.74. The predicted molar refractivity (Wildman–Crippen MR) is 132 cm³/mol. The maximum atomic E-state index is 13.1. The molecule has 168 valence electrons. The number of amides is 2. The molecule has 3 aromatic carbocycles. The molecule has 4 rings (SSSR count). The smallest absolute Gasteiger partial charge is 0.243 e. The van der Waals surface area contributed by atoms with Gasteiger partial charge in [0.05, 0.1) is 13.5 Å². The van der Waals surface area contributed by atoms with Crippen LogP contribution >= 0.6 is 11.3 Å². The number of benzene rings is 3. The van der Waals surface area contributed by atoms with Gasteiger partial charge in [-0.1, -0.05) is 60.7 Å². The first kappa shape index (κ1) is 22.6. The standard InChI is InChI=1S/C27H26N2O3S/c1-32-22-13-11-19(12-14-22)15-26(30)29-24(27(31)28-18-20-7-3-2-4-8-20)17-23-16-21-9-5-6-10-25(21)33-23/h2-14,16,24H,15,17-18H2,1H3,(H,28,31)(H,29,30)/t24-/m0/s1. The van der Waals surface area contributed by atoms with E-state index in [0.29, 0.717) is 13.0 Å². The van der Waals surface area contributed by atoms with Gasteiger partial charge < -0.3 is 15.4 Å². The van der Waals surface area contributed by atoms with Gasteiger partial charge in [0.1, 0.15) is 11.8 Å². The van der Waals surface area contributed by atoms with Crippen LogP contribution in [-0.4, -0.2) is 25.0 Å². The highest BCUT2D eigenvalue weighted by Gasteiger charge is 2.22. The van der Waals surface area contributed by atoms with Crippen molar-refractivity contribution in [3.8, 4) is 5.75 Å². The second-order valence-electron chi connectivity index (χ2n) is 7.80. The van der Waals surface area contributed by atoms with Crippen molar-refractivity contribution in [2.75, 3.05) is 7.11 Å². The van der Waals surface area contributed by atoms with Gasteiger partial charge in [-0.2, -0.15) is 0 Å². The van der Waals surface area contributed by atoms with E-state index in [1.54, 1.807) is 18.4 Å². The zero-order chi connectivity index (χ0) is 23.0. The van der Waals surface area contributed by atoms with Crippen LogP contribution in [0.4, 0.5) is 0 Å². The summed E-state index contributed by atoms with van der Waals surface area (Å²) in [5.41, 5.74) is 1.87. The molecule has 1 heterocycles. The van der Waals surface area contributed by atoms with Crippen LogP contribution in [0.25, 0.3) is 10.1 Å². The van der Waals surface area contributed by atoms with E-state index in [2.05, 4.69) is 28.8 Å². The minimum absolute atomic E-state index is 0.193. The third-order valence-electron chi connectivity index (χ3n) is 5.37. The molecule has 4 aromatic rings. The van der Waals surface area contributed by atoms with Crippen LogP contribution in [0.15, 0.2) is 84.9 Å². The van der Waals surface area contributed by atoms with Crippen LogP contribution in [0.1, 0.15) is 16.0 Å². The SMILES string of the molecule is COc1ccc(CC(=O)N[C@@H](Cc2cc3ccccc3s2)C(=O)NCc2ccccc2)cc1. The fourth-order valence-electron chi connectivity index (χ4n) is 3.63. The number of nitrogens with one attached hydrogen (secondary N) is 2. The van der Waals surface area contributed by atoms with Gasteiger partial charge in [-0.15, -0.1) is 11.3 Å². The Morgan fingerprint density at radius 1 is 0.909 bits per heavy atom. The first-order valence-corrected chi connectivity index (χ1v) is 11.6. The maximum absolute atomic E-state index is 13.1. The van der Waals surface area contributed by atoms with E-state index in [1.807, 2.05) is 66.7 Å². The Bertz CT molecular complexity index is 1190. The molecule has 0 aliphatic heterocycles. The number of methoxy groups -OCH3 is 1. The lowest BCUT2D eigenvalue weighted by Gasteiger charge is -2.18. The van der Waals surface area contributed by atoms with E-state index < -0.39 is 6.04 Å². The minimum atomic E-state index is -0.660. The molecule has 1 aromatic heterocycles. The van der Waals surface area contributed by atoms with Crippen LogP contribution < -0.4 is 15.4 Å². The van der Waals surface area contributed by atoms with Gasteiger partial charge in [-0.05, 0) is 40.8 Å². The lowest BCUT2D eigenvalue weighted by Crippen LogP contribution is -2.48. The van der Waals surface area contributed by atoms with E-state index in [0.717, 1.165) is 27.1 Å². The highest BCUT2D eigenvalue weighted by Crippen LogP contribution is 2.26. The van der Waals surface area contributed by atoms with Crippen LogP contribution in [0.2, 0.25) is 0 Å². The Labute approximate surface area is 197 Å². The molecule has 0 fully saturated rings. The fraction of sp³-hybridized carbons (Fsp3) is 0.185. The summed E-state index contributed by atoms with van der Waals surface area (Å²) in [7, 11) is 1.61. The molecule has 0 unspecified atom stereocenters. The Kier molecular flexibility index (Phi) is 7.37. The molecule has 5 nitrogen and oxygen atoms in total. The zero-order valence-corrected chi connectivity index (χ0v) is 19.2. The van der Waals surface area contributed by atoms with Crippen molar-refractivity contribution >= 4 is 33.2 Å². The molecule has 0 saturated carbocycles. The molecular formula is C27H26N2O3S. The predicted octanol–water partition coefficient (Wildman–Crippen LogP) is 4.50. The van der Waals surface area contributed by atoms with Crippen LogP contribution in [-0.2, 0) is 29.0 Å². The van der Waals surface area contributed by atoms with Crippen LogP contribution in [0.3, 0.4) is 0 Å². The topological polar surface area (TPSA) is 67.4 Å². The van der Waals surface area contributed by atoms with Crippen molar-refractivity contribution in [3.63, 3.8) is 0 Å². The zero-order valence-electron chi connectivity index (χ0n) is 18.4. The summed E-state index contributed by atoms with van der Waals surface area (Å²) in [6, 6.07) is 26.7. The number of ether oxygens (including phenoxy) is 1. The summed E-state index contributed by atoms with van der Waals surface area (Å²) in [5.74, 6) is 0.350. The lowest BCUT2D eigenvalue weighted by molar-refractivity contribution is -0.128. The van der Waals surface area contributed by atoms with Gasteiger partial charge in [0.2, 0.25) is 11.8 Å². The van der Waals surface area contributed by atoms with E-state index in [9.17, 15) is 9.59 Å². The first-order chi connectivity index (χ1) is 16.1.